The molecular weight excluding hydrogens is 394 g/mol. The molecule has 0 aliphatic rings. The molecule has 4 rings (SSSR count). The van der Waals surface area contributed by atoms with Crippen molar-refractivity contribution in [1.82, 2.24) is 15.2 Å². The van der Waals surface area contributed by atoms with Crippen molar-refractivity contribution in [1.29, 1.82) is 0 Å². The van der Waals surface area contributed by atoms with Crippen LogP contribution in [0.4, 0.5) is 0 Å². The number of hydrogen-bond acceptors (Lipinski definition) is 8. The number of ether oxygens (including phenoxy) is 1. The van der Waals surface area contributed by atoms with Crippen molar-refractivity contribution in [2.45, 2.75) is 25.2 Å². The number of thiazole rings is 1. The zero-order valence-electron chi connectivity index (χ0n) is 15.5. The van der Waals surface area contributed by atoms with Crippen LogP contribution in [0, 0.1) is 13.8 Å². The van der Waals surface area contributed by atoms with Crippen LogP contribution < -0.4 is 4.74 Å². The van der Waals surface area contributed by atoms with Crippen molar-refractivity contribution in [3.8, 4) is 16.5 Å². The maximum Gasteiger partial charge on any atom is 0.276 e. The van der Waals surface area contributed by atoms with E-state index in [1.807, 2.05) is 50.2 Å². The quantitative estimate of drug-likeness (QED) is 0.447. The molecule has 0 aliphatic heterocycles. The monoisotopic (exact) mass is 413 g/mol. The topological polar surface area (TPSA) is 81.3 Å². The molecule has 2 aromatic carbocycles. The first-order valence-electron chi connectivity index (χ1n) is 8.79. The largest absolute Gasteiger partial charge is 0.491 e. The molecule has 0 radical (unpaired) electrons. The van der Waals surface area contributed by atoms with E-state index in [0.717, 1.165) is 32.1 Å². The van der Waals surface area contributed by atoms with Crippen LogP contribution >= 0.6 is 23.1 Å². The zero-order chi connectivity index (χ0) is 19.5. The van der Waals surface area contributed by atoms with Gasteiger partial charge in [0.05, 0.1) is 16.8 Å². The van der Waals surface area contributed by atoms with Crippen LogP contribution in [-0.2, 0) is 0 Å². The van der Waals surface area contributed by atoms with Crippen LogP contribution in [0.25, 0.3) is 21.5 Å². The van der Waals surface area contributed by atoms with Crippen molar-refractivity contribution in [2.75, 3.05) is 12.4 Å². The number of thioether (sulfide) groups is 1. The van der Waals surface area contributed by atoms with E-state index >= 15 is 0 Å². The maximum atomic E-state index is 10.2. The van der Waals surface area contributed by atoms with Gasteiger partial charge in [0.15, 0.2) is 0 Å². The van der Waals surface area contributed by atoms with Gasteiger partial charge < -0.3 is 14.3 Å². The number of benzene rings is 2. The van der Waals surface area contributed by atoms with Gasteiger partial charge in [-0.25, -0.2) is 4.98 Å². The van der Waals surface area contributed by atoms with E-state index in [2.05, 4.69) is 21.2 Å². The van der Waals surface area contributed by atoms with Gasteiger partial charge in [-0.1, -0.05) is 42.1 Å². The maximum absolute atomic E-state index is 10.2. The van der Waals surface area contributed by atoms with Gasteiger partial charge in [-0.3, -0.25) is 0 Å². The molecule has 4 aromatic rings. The molecule has 1 unspecified atom stereocenters. The number of nitrogens with zero attached hydrogens (tertiary/aromatic N) is 3. The molecule has 1 atom stereocenters. The van der Waals surface area contributed by atoms with E-state index in [1.54, 1.807) is 0 Å². The first kappa shape index (κ1) is 18.9. The van der Waals surface area contributed by atoms with Crippen molar-refractivity contribution < 1.29 is 14.3 Å². The van der Waals surface area contributed by atoms with E-state index in [9.17, 15) is 5.11 Å². The Morgan fingerprint density at radius 2 is 1.96 bits per heavy atom. The summed E-state index contributed by atoms with van der Waals surface area (Å²) in [4.78, 5) is 5.26. The van der Waals surface area contributed by atoms with Crippen molar-refractivity contribution >= 4 is 33.9 Å². The van der Waals surface area contributed by atoms with Crippen LogP contribution in [0.1, 0.15) is 10.7 Å². The fourth-order valence-corrected chi connectivity index (χ4v) is 4.26. The van der Waals surface area contributed by atoms with Crippen LogP contribution in [0.2, 0.25) is 0 Å². The lowest BCUT2D eigenvalue weighted by Crippen LogP contribution is -2.20. The van der Waals surface area contributed by atoms with Gasteiger partial charge in [-0.15, -0.1) is 21.5 Å². The van der Waals surface area contributed by atoms with Gasteiger partial charge in [0.1, 0.15) is 17.2 Å². The smallest absolute Gasteiger partial charge is 0.276 e. The molecule has 0 saturated carbocycles. The average Bonchev–Trinajstić information content (AvgIpc) is 3.30. The number of aromatic nitrogens is 3. The molecule has 0 aliphatic carbocycles. The molecule has 0 fully saturated rings. The summed E-state index contributed by atoms with van der Waals surface area (Å²) >= 11 is 2.83. The number of aliphatic hydroxyl groups excluding tert-OH is 1. The molecule has 0 amide bonds. The molecule has 28 heavy (non-hydrogen) atoms. The first-order valence-corrected chi connectivity index (χ1v) is 10.6. The van der Waals surface area contributed by atoms with E-state index in [1.165, 1.54) is 23.1 Å². The minimum Gasteiger partial charge on any atom is -0.491 e. The minimum atomic E-state index is -0.654. The molecule has 8 heteroatoms. The normalized spacial score (nSPS) is 12.4. The third kappa shape index (κ3) is 4.35. The van der Waals surface area contributed by atoms with E-state index in [4.69, 9.17) is 9.15 Å². The fraction of sp³-hybridized carbons (Fsp3) is 0.250. The summed E-state index contributed by atoms with van der Waals surface area (Å²) in [6.07, 6.45) is -0.654. The predicted octanol–water partition coefficient (Wildman–Crippen LogP) is 4.50. The van der Waals surface area contributed by atoms with E-state index in [-0.39, 0.29) is 6.61 Å². The van der Waals surface area contributed by atoms with Gasteiger partial charge >= 0.3 is 0 Å². The lowest BCUT2D eigenvalue weighted by molar-refractivity contribution is 0.126. The second kappa shape index (κ2) is 8.30. The predicted molar refractivity (Wildman–Crippen MR) is 111 cm³/mol. The molecule has 144 valence electrons. The Hall–Kier alpha value is -2.42. The standard InChI is InChI=1S/C20H19N3O3S2/c1-12-18(28-13(2)21-12)19-22-23-20(26-19)27-11-16(24)10-25-17-8-7-14-5-3-4-6-15(14)9-17/h3-9,16,24H,10-11H2,1-2H3. The molecule has 0 spiro atoms. The Morgan fingerprint density at radius 1 is 1.14 bits per heavy atom. The van der Waals surface area contributed by atoms with E-state index < -0.39 is 6.10 Å². The van der Waals surface area contributed by atoms with Gasteiger partial charge in [0.25, 0.3) is 11.1 Å². The lowest BCUT2D eigenvalue weighted by atomic mass is 10.1. The summed E-state index contributed by atoms with van der Waals surface area (Å²) in [7, 11) is 0. The first-order chi connectivity index (χ1) is 13.6. The summed E-state index contributed by atoms with van der Waals surface area (Å²) < 4.78 is 11.4. The molecule has 1 N–H and O–H groups in total. The molecule has 2 aromatic heterocycles. The van der Waals surface area contributed by atoms with Gasteiger partial charge in [0.2, 0.25) is 0 Å². The number of aliphatic hydroxyl groups is 1. The molecule has 2 heterocycles. The van der Waals surface area contributed by atoms with Crippen LogP contribution in [-0.4, -0.2) is 38.8 Å². The minimum absolute atomic E-state index is 0.194. The average molecular weight is 414 g/mol. The zero-order valence-corrected chi connectivity index (χ0v) is 17.1. The Labute approximate surface area is 170 Å². The van der Waals surface area contributed by atoms with Gasteiger partial charge in [0, 0.05) is 5.75 Å². The fourth-order valence-electron chi connectivity index (χ4n) is 2.75. The molecule has 0 saturated heterocycles. The summed E-state index contributed by atoms with van der Waals surface area (Å²) in [5.41, 5.74) is 0.881. The Bertz CT molecular complexity index is 1090. The number of hydrogen-bond donors (Lipinski definition) is 1. The van der Waals surface area contributed by atoms with Crippen molar-refractivity contribution in [2.24, 2.45) is 0 Å². The second-order valence-electron chi connectivity index (χ2n) is 6.31. The third-order valence-corrected chi connectivity index (χ3v) is 6.09. The second-order valence-corrected chi connectivity index (χ2v) is 8.48. The van der Waals surface area contributed by atoms with Crippen LogP contribution in [0.3, 0.4) is 0 Å². The number of aryl methyl sites for hydroxylation is 2. The Morgan fingerprint density at radius 3 is 2.75 bits per heavy atom. The number of fused-ring (bicyclic) bond motifs is 1. The highest BCUT2D eigenvalue weighted by Gasteiger charge is 2.16. The Balaban J connectivity index is 1.30. The number of rotatable bonds is 7. The van der Waals surface area contributed by atoms with Crippen LogP contribution in [0.15, 0.2) is 52.1 Å². The highest BCUT2D eigenvalue weighted by atomic mass is 32.2. The SMILES string of the molecule is Cc1nc(C)c(-c2nnc(SCC(O)COc3ccc4ccccc4c3)o2)s1. The summed E-state index contributed by atoms with van der Waals surface area (Å²) in [6.45, 7) is 4.06. The third-order valence-electron chi connectivity index (χ3n) is 4.07. The van der Waals surface area contributed by atoms with Crippen molar-refractivity contribution in [3.05, 3.63) is 53.2 Å². The Kier molecular flexibility index (Phi) is 5.61. The highest BCUT2D eigenvalue weighted by molar-refractivity contribution is 7.99. The summed E-state index contributed by atoms with van der Waals surface area (Å²) in [5, 5.41) is 22.0. The van der Waals surface area contributed by atoms with Crippen molar-refractivity contribution in [3.63, 3.8) is 0 Å². The van der Waals surface area contributed by atoms with E-state index in [0.29, 0.717) is 16.9 Å². The van der Waals surface area contributed by atoms with Gasteiger partial charge in [-0.2, -0.15) is 0 Å². The lowest BCUT2D eigenvalue weighted by Gasteiger charge is -2.11. The van der Waals surface area contributed by atoms with Gasteiger partial charge in [-0.05, 0) is 36.8 Å². The molecular formula is C20H19N3O3S2. The molecule has 0 bridgehead atoms. The molecule has 6 nitrogen and oxygen atoms in total. The summed E-state index contributed by atoms with van der Waals surface area (Å²) in [5.74, 6) is 1.60. The highest BCUT2D eigenvalue weighted by Crippen LogP contribution is 2.30. The summed E-state index contributed by atoms with van der Waals surface area (Å²) in [6, 6.07) is 14.0. The van der Waals surface area contributed by atoms with Crippen LogP contribution in [0.5, 0.6) is 5.75 Å².